The molecule has 0 spiro atoms. The van der Waals surface area contributed by atoms with E-state index in [1.807, 2.05) is 12.1 Å². The van der Waals surface area contributed by atoms with Gasteiger partial charge in [-0.25, -0.2) is 0 Å². The van der Waals surface area contributed by atoms with Gasteiger partial charge in [0.2, 0.25) is 0 Å². The molecule has 1 unspecified atom stereocenters. The second-order valence-electron chi connectivity index (χ2n) is 5.26. The summed E-state index contributed by atoms with van der Waals surface area (Å²) in [4.78, 5) is 4.78. The smallest absolute Gasteiger partial charge is 0.104 e. The Morgan fingerprint density at radius 3 is 2.84 bits per heavy atom. The number of hydrogen-bond donors (Lipinski definition) is 1. The number of rotatable bonds is 3. The highest BCUT2D eigenvalue weighted by Crippen LogP contribution is 2.18. The van der Waals surface area contributed by atoms with Crippen LogP contribution in [0.1, 0.15) is 17.5 Å². The van der Waals surface area contributed by atoms with Crippen LogP contribution in [0.15, 0.2) is 24.3 Å². The predicted octanol–water partition coefficient (Wildman–Crippen LogP) is 1.17. The number of likely N-dealkylation sites (N-methyl/N-ethyl adjacent to an activating group) is 1. The van der Waals surface area contributed by atoms with Crippen molar-refractivity contribution < 1.29 is 5.11 Å². The molecule has 0 aliphatic carbocycles. The van der Waals surface area contributed by atoms with Crippen LogP contribution in [-0.4, -0.2) is 54.7 Å². The van der Waals surface area contributed by atoms with Gasteiger partial charge in [0.15, 0.2) is 0 Å². The lowest BCUT2D eigenvalue weighted by Gasteiger charge is -2.20. The number of likely N-dealkylation sites (tertiary alicyclic amines) is 1. The van der Waals surface area contributed by atoms with Gasteiger partial charge in [0.25, 0.3) is 0 Å². The molecule has 1 atom stereocenters. The summed E-state index contributed by atoms with van der Waals surface area (Å²) < 4.78 is 0. The molecular formula is C16H22N2O. The van der Waals surface area contributed by atoms with E-state index in [1.165, 1.54) is 12.0 Å². The van der Waals surface area contributed by atoms with Crippen LogP contribution in [0.25, 0.3) is 0 Å². The molecular weight excluding hydrogens is 236 g/mol. The van der Waals surface area contributed by atoms with E-state index in [2.05, 4.69) is 47.9 Å². The molecule has 102 valence electrons. The van der Waals surface area contributed by atoms with Gasteiger partial charge in [0, 0.05) is 31.2 Å². The van der Waals surface area contributed by atoms with Gasteiger partial charge in [-0.1, -0.05) is 30.0 Å². The second-order valence-corrected chi connectivity index (χ2v) is 5.26. The van der Waals surface area contributed by atoms with Crippen molar-refractivity contribution in [3.05, 3.63) is 35.4 Å². The van der Waals surface area contributed by atoms with Gasteiger partial charge in [-0.15, -0.1) is 0 Å². The highest BCUT2D eigenvalue weighted by Gasteiger charge is 2.23. The van der Waals surface area contributed by atoms with Crippen LogP contribution in [0.5, 0.6) is 0 Å². The minimum atomic E-state index is -0.0826. The zero-order chi connectivity index (χ0) is 13.7. The Hall–Kier alpha value is -1.34. The van der Waals surface area contributed by atoms with Gasteiger partial charge < -0.3 is 10.0 Å². The third-order valence-electron chi connectivity index (χ3n) is 3.69. The van der Waals surface area contributed by atoms with Crippen molar-refractivity contribution in [1.29, 1.82) is 0 Å². The van der Waals surface area contributed by atoms with Crippen molar-refractivity contribution in [2.75, 3.05) is 33.8 Å². The summed E-state index contributed by atoms with van der Waals surface area (Å²) in [7, 11) is 4.30. The van der Waals surface area contributed by atoms with E-state index < -0.39 is 0 Å². The summed E-state index contributed by atoms with van der Waals surface area (Å²) in [5.74, 6) is 5.77. The van der Waals surface area contributed by atoms with Crippen molar-refractivity contribution in [2.24, 2.45) is 0 Å². The van der Waals surface area contributed by atoms with Crippen molar-refractivity contribution in [3.63, 3.8) is 0 Å². The molecule has 1 aromatic carbocycles. The molecule has 3 heteroatoms. The second kappa shape index (κ2) is 6.72. The van der Waals surface area contributed by atoms with E-state index in [0.29, 0.717) is 6.04 Å². The zero-order valence-corrected chi connectivity index (χ0v) is 11.8. The lowest BCUT2D eigenvalue weighted by atomic mass is 10.1. The van der Waals surface area contributed by atoms with Crippen LogP contribution in [-0.2, 0) is 6.54 Å². The lowest BCUT2D eigenvalue weighted by molar-refractivity contribution is 0.264. The van der Waals surface area contributed by atoms with Gasteiger partial charge in [-0.3, -0.25) is 4.90 Å². The minimum absolute atomic E-state index is 0.0826. The molecule has 1 heterocycles. The Bertz CT molecular complexity index is 473. The molecule has 1 aromatic rings. The Kier molecular flexibility index (Phi) is 4.98. The quantitative estimate of drug-likeness (QED) is 0.824. The average Bonchev–Trinajstić information content (AvgIpc) is 2.86. The van der Waals surface area contributed by atoms with E-state index in [1.54, 1.807) is 0 Å². The van der Waals surface area contributed by atoms with Gasteiger partial charge in [0.05, 0.1) is 0 Å². The average molecular weight is 258 g/mol. The van der Waals surface area contributed by atoms with E-state index in [9.17, 15) is 0 Å². The Morgan fingerprint density at radius 2 is 2.16 bits per heavy atom. The normalized spacial score (nSPS) is 19.5. The van der Waals surface area contributed by atoms with E-state index >= 15 is 0 Å². The summed E-state index contributed by atoms with van der Waals surface area (Å²) in [6.45, 7) is 3.13. The summed E-state index contributed by atoms with van der Waals surface area (Å²) in [6.07, 6.45) is 1.23. The fourth-order valence-electron chi connectivity index (χ4n) is 2.53. The highest BCUT2D eigenvalue weighted by molar-refractivity contribution is 5.41. The summed E-state index contributed by atoms with van der Waals surface area (Å²) in [5.41, 5.74) is 2.28. The highest BCUT2D eigenvalue weighted by atomic mass is 16.2. The van der Waals surface area contributed by atoms with Crippen LogP contribution in [0.4, 0.5) is 0 Å². The Balaban J connectivity index is 2.04. The number of aliphatic hydroxyl groups is 1. The minimum Gasteiger partial charge on any atom is -0.384 e. The first-order valence-electron chi connectivity index (χ1n) is 6.77. The van der Waals surface area contributed by atoms with Crippen molar-refractivity contribution in [3.8, 4) is 11.8 Å². The third kappa shape index (κ3) is 3.81. The molecule has 1 aliphatic heterocycles. The molecule has 0 bridgehead atoms. The fraction of sp³-hybridized carbons (Fsp3) is 0.500. The molecule has 19 heavy (non-hydrogen) atoms. The van der Waals surface area contributed by atoms with Gasteiger partial charge in [0.1, 0.15) is 6.61 Å². The molecule has 2 rings (SSSR count). The molecule has 3 nitrogen and oxygen atoms in total. The monoisotopic (exact) mass is 258 g/mol. The van der Waals surface area contributed by atoms with Crippen molar-refractivity contribution >= 4 is 0 Å². The van der Waals surface area contributed by atoms with Crippen molar-refractivity contribution in [1.82, 2.24) is 9.80 Å². The summed E-state index contributed by atoms with van der Waals surface area (Å²) in [5, 5.41) is 8.81. The molecule has 0 aromatic heterocycles. The molecule has 0 amide bonds. The molecule has 1 N–H and O–H groups in total. The number of nitrogens with zero attached hydrogens (tertiary/aromatic N) is 2. The van der Waals surface area contributed by atoms with E-state index in [-0.39, 0.29) is 6.61 Å². The predicted molar refractivity (Wildman–Crippen MR) is 77.8 cm³/mol. The van der Waals surface area contributed by atoms with Gasteiger partial charge >= 0.3 is 0 Å². The van der Waals surface area contributed by atoms with Crippen molar-refractivity contribution in [2.45, 2.75) is 19.0 Å². The van der Waals surface area contributed by atoms with E-state index in [4.69, 9.17) is 5.11 Å². The number of aliphatic hydroxyl groups excluding tert-OH is 1. The molecule has 0 saturated carbocycles. The van der Waals surface area contributed by atoms with Crippen LogP contribution in [0.2, 0.25) is 0 Å². The van der Waals surface area contributed by atoms with Gasteiger partial charge in [-0.05, 0) is 32.1 Å². The maximum absolute atomic E-state index is 8.81. The number of benzene rings is 1. The first-order chi connectivity index (χ1) is 9.20. The summed E-state index contributed by atoms with van der Waals surface area (Å²) in [6, 6.07) is 8.87. The SMILES string of the molecule is CN(C)C1CCN(Cc2ccccc2C#CCO)C1. The standard InChI is InChI=1S/C16H22N2O/c1-17(2)16-9-10-18(13-16)12-15-7-4-3-6-14(15)8-5-11-19/h3-4,6-7,16,19H,9-13H2,1-2H3. The molecule has 1 fully saturated rings. The first kappa shape index (κ1) is 14.1. The molecule has 1 saturated heterocycles. The topological polar surface area (TPSA) is 26.7 Å². The summed E-state index contributed by atoms with van der Waals surface area (Å²) >= 11 is 0. The molecule has 0 radical (unpaired) electrons. The maximum atomic E-state index is 8.81. The van der Waals surface area contributed by atoms with E-state index in [0.717, 1.165) is 25.2 Å². The zero-order valence-electron chi connectivity index (χ0n) is 11.8. The van der Waals surface area contributed by atoms with Gasteiger partial charge in [-0.2, -0.15) is 0 Å². The van der Waals surface area contributed by atoms with Crippen LogP contribution >= 0.6 is 0 Å². The lowest BCUT2D eigenvalue weighted by Crippen LogP contribution is -2.31. The number of hydrogen-bond acceptors (Lipinski definition) is 3. The van der Waals surface area contributed by atoms with Crippen LogP contribution in [0, 0.1) is 11.8 Å². The fourth-order valence-corrected chi connectivity index (χ4v) is 2.53. The van der Waals surface area contributed by atoms with Crippen LogP contribution < -0.4 is 0 Å². The Labute approximate surface area is 115 Å². The molecule has 1 aliphatic rings. The Morgan fingerprint density at radius 1 is 1.37 bits per heavy atom. The largest absolute Gasteiger partial charge is 0.384 e. The van der Waals surface area contributed by atoms with Crippen LogP contribution in [0.3, 0.4) is 0 Å². The first-order valence-corrected chi connectivity index (χ1v) is 6.77. The maximum Gasteiger partial charge on any atom is 0.104 e. The third-order valence-corrected chi connectivity index (χ3v) is 3.69.